The van der Waals surface area contributed by atoms with Crippen molar-refractivity contribution in [2.45, 2.75) is 13.5 Å². The second kappa shape index (κ2) is 6.55. The van der Waals surface area contributed by atoms with Crippen molar-refractivity contribution in [2.75, 3.05) is 5.43 Å². The summed E-state index contributed by atoms with van der Waals surface area (Å²) in [6.07, 6.45) is 1.43. The van der Waals surface area contributed by atoms with E-state index in [2.05, 4.69) is 36.4 Å². The zero-order valence-corrected chi connectivity index (χ0v) is 15.0. The van der Waals surface area contributed by atoms with Crippen molar-refractivity contribution in [1.82, 2.24) is 19.1 Å². The van der Waals surface area contributed by atoms with Crippen molar-refractivity contribution < 1.29 is 5.11 Å². The van der Waals surface area contributed by atoms with E-state index in [0.717, 1.165) is 4.47 Å². The van der Waals surface area contributed by atoms with Crippen LogP contribution in [0.25, 0.3) is 11.2 Å². The number of aryl methyl sites for hydroxylation is 2. The second-order valence-electron chi connectivity index (χ2n) is 5.24. The van der Waals surface area contributed by atoms with Gasteiger partial charge in [0, 0.05) is 23.6 Å². The Kier molecular flexibility index (Phi) is 4.45. The van der Waals surface area contributed by atoms with E-state index in [1.54, 1.807) is 22.8 Å². The molecule has 0 bridgehead atoms. The Morgan fingerprint density at radius 3 is 2.92 bits per heavy atom. The van der Waals surface area contributed by atoms with Gasteiger partial charge in [-0.05, 0) is 25.1 Å². The van der Waals surface area contributed by atoms with Gasteiger partial charge in [0.15, 0.2) is 11.2 Å². The molecule has 3 aromatic rings. The number of aromatic amines is 1. The first-order chi connectivity index (χ1) is 11.9. The predicted molar refractivity (Wildman–Crippen MR) is 98.3 cm³/mol. The van der Waals surface area contributed by atoms with Gasteiger partial charge in [-0.3, -0.25) is 14.3 Å². The van der Waals surface area contributed by atoms with E-state index >= 15 is 0 Å². The minimum Gasteiger partial charge on any atom is -0.507 e. The van der Waals surface area contributed by atoms with Crippen LogP contribution in [0.15, 0.2) is 37.4 Å². The number of anilines is 1. The van der Waals surface area contributed by atoms with Gasteiger partial charge in [-0.25, -0.2) is 10.2 Å². The number of rotatable bonds is 4. The molecule has 0 saturated heterocycles. The molecule has 0 fully saturated rings. The van der Waals surface area contributed by atoms with Gasteiger partial charge in [0.25, 0.3) is 5.56 Å². The van der Waals surface area contributed by atoms with Crippen molar-refractivity contribution in [3.05, 3.63) is 49.1 Å². The first-order valence-electron chi connectivity index (χ1n) is 7.39. The van der Waals surface area contributed by atoms with E-state index in [-0.39, 0.29) is 16.9 Å². The summed E-state index contributed by atoms with van der Waals surface area (Å²) in [5.41, 5.74) is 2.76. The number of nitrogens with zero attached hydrogens (tertiary/aromatic N) is 4. The fourth-order valence-corrected chi connectivity index (χ4v) is 2.79. The van der Waals surface area contributed by atoms with Crippen LogP contribution < -0.4 is 16.7 Å². The van der Waals surface area contributed by atoms with Gasteiger partial charge in [-0.1, -0.05) is 15.9 Å². The first kappa shape index (κ1) is 17.0. The van der Waals surface area contributed by atoms with Gasteiger partial charge in [0.05, 0.1) is 6.21 Å². The van der Waals surface area contributed by atoms with E-state index < -0.39 is 11.2 Å². The smallest absolute Gasteiger partial charge is 0.329 e. The zero-order chi connectivity index (χ0) is 18.1. The normalized spacial score (nSPS) is 11.5. The minimum atomic E-state index is -0.535. The molecule has 0 aliphatic heterocycles. The Labute approximate surface area is 149 Å². The van der Waals surface area contributed by atoms with Crippen LogP contribution in [-0.2, 0) is 13.6 Å². The van der Waals surface area contributed by atoms with Crippen molar-refractivity contribution in [3.63, 3.8) is 0 Å². The largest absolute Gasteiger partial charge is 0.507 e. The molecule has 10 heteroatoms. The fraction of sp³-hybridized carbons (Fsp3) is 0.200. The quantitative estimate of drug-likeness (QED) is 0.446. The van der Waals surface area contributed by atoms with Crippen LogP contribution in [0.4, 0.5) is 5.95 Å². The Balaban J connectivity index is 2.02. The molecule has 130 valence electrons. The zero-order valence-electron chi connectivity index (χ0n) is 13.4. The number of fused-ring (bicyclic) bond motifs is 1. The molecule has 25 heavy (non-hydrogen) atoms. The first-order valence-corrected chi connectivity index (χ1v) is 8.18. The molecule has 0 amide bonds. The highest BCUT2D eigenvalue weighted by Gasteiger charge is 2.15. The van der Waals surface area contributed by atoms with Crippen LogP contribution in [0.2, 0.25) is 0 Å². The molecular formula is C15H15BrN6O3. The number of aromatic nitrogens is 4. The van der Waals surface area contributed by atoms with Gasteiger partial charge in [-0.15, -0.1) is 0 Å². The molecule has 0 aliphatic rings. The predicted octanol–water partition coefficient (Wildman–Crippen LogP) is 1.36. The maximum Gasteiger partial charge on any atom is 0.329 e. The highest BCUT2D eigenvalue weighted by Crippen LogP contribution is 2.20. The monoisotopic (exact) mass is 406 g/mol. The van der Waals surface area contributed by atoms with E-state index in [9.17, 15) is 14.7 Å². The molecule has 0 unspecified atom stereocenters. The lowest BCUT2D eigenvalue weighted by molar-refractivity contribution is 0.474. The minimum absolute atomic E-state index is 0.0802. The van der Waals surface area contributed by atoms with E-state index in [1.807, 2.05) is 6.92 Å². The summed E-state index contributed by atoms with van der Waals surface area (Å²) in [7, 11) is 1.53. The Morgan fingerprint density at radius 1 is 1.44 bits per heavy atom. The number of H-pyrrole nitrogens is 1. The summed E-state index contributed by atoms with van der Waals surface area (Å²) in [6.45, 7) is 2.30. The number of phenols is 1. The van der Waals surface area contributed by atoms with Crippen LogP contribution in [0.3, 0.4) is 0 Å². The molecule has 0 radical (unpaired) electrons. The van der Waals surface area contributed by atoms with Crippen molar-refractivity contribution in [3.8, 4) is 5.75 Å². The van der Waals surface area contributed by atoms with Gasteiger partial charge < -0.3 is 9.67 Å². The van der Waals surface area contributed by atoms with E-state index in [4.69, 9.17) is 0 Å². The van der Waals surface area contributed by atoms with Crippen LogP contribution >= 0.6 is 15.9 Å². The molecular weight excluding hydrogens is 392 g/mol. The molecule has 0 atom stereocenters. The molecule has 2 heterocycles. The number of phenolic OH excluding ortho intramolecular Hbond substituents is 1. The maximum absolute atomic E-state index is 12.1. The Hall–Kier alpha value is -2.88. The van der Waals surface area contributed by atoms with E-state index in [1.165, 1.54) is 17.8 Å². The third-order valence-corrected chi connectivity index (χ3v) is 4.17. The molecule has 2 aromatic heterocycles. The molecule has 0 spiro atoms. The van der Waals surface area contributed by atoms with E-state index in [0.29, 0.717) is 18.1 Å². The summed E-state index contributed by atoms with van der Waals surface area (Å²) in [6, 6.07) is 4.96. The Morgan fingerprint density at radius 2 is 2.20 bits per heavy atom. The second-order valence-corrected chi connectivity index (χ2v) is 6.16. The highest BCUT2D eigenvalue weighted by atomic mass is 79.9. The summed E-state index contributed by atoms with van der Waals surface area (Å²) in [5.74, 6) is 0.395. The average molecular weight is 407 g/mol. The topological polar surface area (TPSA) is 117 Å². The molecule has 3 N–H and O–H groups in total. The van der Waals surface area contributed by atoms with Gasteiger partial charge in [0.1, 0.15) is 5.75 Å². The van der Waals surface area contributed by atoms with Gasteiger partial charge >= 0.3 is 5.69 Å². The number of benzene rings is 1. The lowest BCUT2D eigenvalue weighted by Crippen LogP contribution is -2.29. The van der Waals surface area contributed by atoms with Gasteiger partial charge in [-0.2, -0.15) is 10.1 Å². The third-order valence-electron chi connectivity index (χ3n) is 3.68. The highest BCUT2D eigenvalue weighted by molar-refractivity contribution is 9.10. The number of halogens is 1. The molecule has 3 rings (SSSR count). The summed E-state index contributed by atoms with van der Waals surface area (Å²) >= 11 is 3.32. The molecule has 0 saturated carbocycles. The number of hydrogen-bond acceptors (Lipinski definition) is 6. The Bertz CT molecular complexity index is 1100. The lowest BCUT2D eigenvalue weighted by Gasteiger charge is -2.04. The van der Waals surface area contributed by atoms with Crippen molar-refractivity contribution in [1.29, 1.82) is 0 Å². The summed E-state index contributed by atoms with van der Waals surface area (Å²) < 4.78 is 3.68. The number of hydrogen-bond donors (Lipinski definition) is 3. The van der Waals surface area contributed by atoms with Gasteiger partial charge in [0.2, 0.25) is 5.95 Å². The standard InChI is InChI=1S/C15H15BrN6O3/c1-3-22-11-12(21(2)15(25)19-13(11)24)18-14(22)20-17-7-8-6-9(16)4-5-10(8)23/h4-7,23H,3H2,1-2H3,(H,18,20)(H,19,24,25)/b17-7-. The SMILES string of the molecule is CCn1c(N/N=C\c2cc(Br)ccc2O)nc2c1c(=O)[nH]c(=O)n2C. The molecule has 9 nitrogen and oxygen atoms in total. The lowest BCUT2D eigenvalue weighted by atomic mass is 10.2. The number of aromatic hydroxyl groups is 1. The maximum atomic E-state index is 12.1. The number of imidazole rings is 1. The summed E-state index contributed by atoms with van der Waals surface area (Å²) in [5, 5.41) is 13.9. The van der Waals surface area contributed by atoms with Crippen LogP contribution in [-0.4, -0.2) is 30.4 Å². The third kappa shape index (κ3) is 3.07. The molecule has 1 aromatic carbocycles. The van der Waals surface area contributed by atoms with Crippen LogP contribution in [0.5, 0.6) is 5.75 Å². The average Bonchev–Trinajstić information content (AvgIpc) is 2.95. The van der Waals surface area contributed by atoms with Crippen molar-refractivity contribution in [2.24, 2.45) is 12.1 Å². The van der Waals surface area contributed by atoms with Crippen molar-refractivity contribution >= 4 is 39.3 Å². The number of hydrazone groups is 1. The summed E-state index contributed by atoms with van der Waals surface area (Å²) in [4.78, 5) is 30.3. The number of nitrogens with one attached hydrogen (secondary N) is 2. The molecule has 0 aliphatic carbocycles. The van der Waals surface area contributed by atoms with Crippen LogP contribution in [0.1, 0.15) is 12.5 Å². The fourth-order valence-electron chi connectivity index (χ4n) is 2.42. The van der Waals surface area contributed by atoms with Crippen LogP contribution in [0, 0.1) is 0 Å².